The van der Waals surface area contributed by atoms with Crippen LogP contribution in [0.25, 0.3) is 0 Å². The van der Waals surface area contributed by atoms with Crippen LogP contribution >= 0.6 is 0 Å². The van der Waals surface area contributed by atoms with Gasteiger partial charge >= 0.3 is 12.1 Å². The zero-order valence-electron chi connectivity index (χ0n) is 9.55. The molecule has 1 amide bonds. The minimum Gasteiger partial charge on any atom is -0.477 e. The fourth-order valence-electron chi connectivity index (χ4n) is 1.86. The second-order valence-electron chi connectivity index (χ2n) is 3.96. The Morgan fingerprint density at radius 3 is 2.88 bits per heavy atom. The standard InChI is InChI=1S/C11H14N2O4/c1-12-8(3-4-9(12)10(14)15)7-13-5-2-6-17-11(13)16/h3-4H,2,5-7H2,1H3,(H,14,15). The van der Waals surface area contributed by atoms with E-state index >= 15 is 0 Å². The smallest absolute Gasteiger partial charge is 0.410 e. The number of hydrogen-bond acceptors (Lipinski definition) is 3. The van der Waals surface area contributed by atoms with Crippen LogP contribution in [0, 0.1) is 0 Å². The summed E-state index contributed by atoms with van der Waals surface area (Å²) in [6.45, 7) is 1.48. The Morgan fingerprint density at radius 1 is 1.53 bits per heavy atom. The topological polar surface area (TPSA) is 71.8 Å². The van der Waals surface area contributed by atoms with Crippen molar-refractivity contribution >= 4 is 12.1 Å². The lowest BCUT2D eigenvalue weighted by Crippen LogP contribution is -2.37. The number of ether oxygens (including phenoxy) is 1. The lowest BCUT2D eigenvalue weighted by atomic mass is 10.3. The van der Waals surface area contributed by atoms with E-state index in [4.69, 9.17) is 9.84 Å². The maximum absolute atomic E-state index is 11.4. The van der Waals surface area contributed by atoms with E-state index in [1.165, 1.54) is 6.07 Å². The fourth-order valence-corrected chi connectivity index (χ4v) is 1.86. The number of carbonyl (C=O) groups is 2. The highest BCUT2D eigenvalue weighted by Crippen LogP contribution is 2.13. The van der Waals surface area contributed by atoms with Crippen LogP contribution < -0.4 is 0 Å². The molecule has 1 saturated heterocycles. The van der Waals surface area contributed by atoms with Gasteiger partial charge in [0.2, 0.25) is 0 Å². The van der Waals surface area contributed by atoms with Crippen molar-refractivity contribution in [1.82, 2.24) is 9.47 Å². The zero-order valence-corrected chi connectivity index (χ0v) is 9.55. The third-order valence-electron chi connectivity index (χ3n) is 2.85. The van der Waals surface area contributed by atoms with Gasteiger partial charge in [0.25, 0.3) is 0 Å². The number of aromatic nitrogens is 1. The summed E-state index contributed by atoms with van der Waals surface area (Å²) in [6, 6.07) is 3.25. The summed E-state index contributed by atoms with van der Waals surface area (Å²) in [5.41, 5.74) is 0.992. The van der Waals surface area contributed by atoms with Crippen molar-refractivity contribution in [3.05, 3.63) is 23.5 Å². The van der Waals surface area contributed by atoms with E-state index in [2.05, 4.69) is 0 Å². The Balaban J connectivity index is 2.13. The predicted octanol–water partition coefficient (Wildman–Crippen LogP) is 1.07. The second kappa shape index (κ2) is 4.48. The number of rotatable bonds is 3. The number of carboxylic acid groups (broad SMARTS) is 1. The minimum absolute atomic E-state index is 0.213. The van der Waals surface area contributed by atoms with Crippen molar-refractivity contribution in [2.24, 2.45) is 7.05 Å². The van der Waals surface area contributed by atoms with E-state index in [0.717, 1.165) is 12.1 Å². The van der Waals surface area contributed by atoms with Gasteiger partial charge in [-0.25, -0.2) is 9.59 Å². The van der Waals surface area contributed by atoms with Crippen molar-refractivity contribution < 1.29 is 19.4 Å². The van der Waals surface area contributed by atoms with E-state index in [-0.39, 0.29) is 11.8 Å². The fraction of sp³-hybridized carbons (Fsp3) is 0.455. The van der Waals surface area contributed by atoms with Crippen molar-refractivity contribution in [3.8, 4) is 0 Å². The number of carbonyl (C=O) groups excluding carboxylic acids is 1. The highest BCUT2D eigenvalue weighted by atomic mass is 16.6. The molecule has 0 aromatic carbocycles. The zero-order chi connectivity index (χ0) is 12.4. The molecule has 0 bridgehead atoms. The van der Waals surface area contributed by atoms with Crippen LogP contribution in [-0.4, -0.2) is 39.8 Å². The van der Waals surface area contributed by atoms with Crippen LogP contribution in [0.1, 0.15) is 22.6 Å². The third-order valence-corrected chi connectivity index (χ3v) is 2.85. The Morgan fingerprint density at radius 2 is 2.29 bits per heavy atom. The molecule has 0 spiro atoms. The average Bonchev–Trinajstić information content (AvgIpc) is 2.64. The maximum atomic E-state index is 11.4. The molecule has 2 heterocycles. The molecule has 1 N–H and O–H groups in total. The van der Waals surface area contributed by atoms with Gasteiger partial charge in [-0.3, -0.25) is 0 Å². The largest absolute Gasteiger partial charge is 0.477 e. The van der Waals surface area contributed by atoms with Gasteiger partial charge in [-0.05, 0) is 18.6 Å². The summed E-state index contributed by atoms with van der Waals surface area (Å²) in [5.74, 6) is -0.972. The highest BCUT2D eigenvalue weighted by molar-refractivity contribution is 5.86. The highest BCUT2D eigenvalue weighted by Gasteiger charge is 2.21. The third kappa shape index (κ3) is 2.25. The van der Waals surface area contributed by atoms with Crippen LogP contribution in [0.15, 0.2) is 12.1 Å². The van der Waals surface area contributed by atoms with Crippen molar-refractivity contribution in [3.63, 3.8) is 0 Å². The summed E-state index contributed by atoms with van der Waals surface area (Å²) < 4.78 is 6.49. The van der Waals surface area contributed by atoms with E-state index in [9.17, 15) is 9.59 Å². The molecule has 2 rings (SSSR count). The molecule has 1 aliphatic heterocycles. The van der Waals surface area contributed by atoms with Crippen molar-refractivity contribution in [1.29, 1.82) is 0 Å². The molecule has 0 aliphatic carbocycles. The molecular formula is C11H14N2O4. The molecule has 1 fully saturated rings. The van der Waals surface area contributed by atoms with Gasteiger partial charge < -0.3 is 19.3 Å². The Labute approximate surface area is 98.4 Å². The first-order chi connectivity index (χ1) is 8.09. The molecule has 92 valence electrons. The lowest BCUT2D eigenvalue weighted by Gasteiger charge is -2.26. The second-order valence-corrected chi connectivity index (χ2v) is 3.96. The summed E-state index contributed by atoms with van der Waals surface area (Å²) in [6.07, 6.45) is 0.469. The van der Waals surface area contributed by atoms with Gasteiger partial charge in [0.05, 0.1) is 13.2 Å². The average molecular weight is 238 g/mol. The molecule has 1 aliphatic rings. The molecule has 17 heavy (non-hydrogen) atoms. The van der Waals surface area contributed by atoms with Crippen LogP contribution in [0.3, 0.4) is 0 Å². The first-order valence-electron chi connectivity index (χ1n) is 5.39. The molecule has 1 aromatic heterocycles. The van der Waals surface area contributed by atoms with Gasteiger partial charge in [0.15, 0.2) is 0 Å². The van der Waals surface area contributed by atoms with Gasteiger partial charge in [0.1, 0.15) is 5.69 Å². The van der Waals surface area contributed by atoms with Crippen molar-refractivity contribution in [2.75, 3.05) is 13.2 Å². The maximum Gasteiger partial charge on any atom is 0.410 e. The van der Waals surface area contributed by atoms with Crippen LogP contribution in [0.4, 0.5) is 4.79 Å². The lowest BCUT2D eigenvalue weighted by molar-refractivity contribution is 0.0681. The molecule has 6 nitrogen and oxygen atoms in total. The SMILES string of the molecule is Cn1c(CN2CCCOC2=O)ccc1C(=O)O. The van der Waals surface area contributed by atoms with Gasteiger partial charge in [0, 0.05) is 19.3 Å². The minimum atomic E-state index is -0.972. The summed E-state index contributed by atoms with van der Waals surface area (Å²) >= 11 is 0. The first-order valence-corrected chi connectivity index (χ1v) is 5.39. The quantitative estimate of drug-likeness (QED) is 0.854. The van der Waals surface area contributed by atoms with E-state index in [1.54, 1.807) is 22.6 Å². The van der Waals surface area contributed by atoms with Gasteiger partial charge in [-0.1, -0.05) is 0 Å². The Hall–Kier alpha value is -1.98. The summed E-state index contributed by atoms with van der Waals surface area (Å²) in [7, 11) is 1.67. The van der Waals surface area contributed by atoms with E-state index < -0.39 is 5.97 Å². The van der Waals surface area contributed by atoms with E-state index in [1.807, 2.05) is 0 Å². The van der Waals surface area contributed by atoms with Gasteiger partial charge in [-0.2, -0.15) is 0 Å². The Kier molecular flexibility index (Phi) is 3.03. The normalized spacial score (nSPS) is 15.8. The molecule has 0 saturated carbocycles. The Bertz CT molecular complexity index is 452. The monoisotopic (exact) mass is 238 g/mol. The van der Waals surface area contributed by atoms with Gasteiger partial charge in [-0.15, -0.1) is 0 Å². The molecule has 1 aromatic rings. The molecule has 0 unspecified atom stereocenters. The number of amides is 1. The van der Waals surface area contributed by atoms with Crippen molar-refractivity contribution in [2.45, 2.75) is 13.0 Å². The first kappa shape index (κ1) is 11.5. The van der Waals surface area contributed by atoms with E-state index in [0.29, 0.717) is 19.7 Å². The summed E-state index contributed by atoms with van der Waals surface area (Å²) in [5, 5.41) is 8.91. The molecule has 0 atom stereocenters. The number of cyclic esters (lactones) is 1. The van der Waals surface area contributed by atoms with Crippen LogP contribution in [0.5, 0.6) is 0 Å². The molecule has 0 radical (unpaired) electrons. The predicted molar refractivity (Wildman–Crippen MR) is 58.7 cm³/mol. The number of aromatic carboxylic acids is 1. The molecular weight excluding hydrogens is 224 g/mol. The number of nitrogens with zero attached hydrogens (tertiary/aromatic N) is 2. The summed E-state index contributed by atoms with van der Waals surface area (Å²) in [4.78, 5) is 23.9. The van der Waals surface area contributed by atoms with Crippen LogP contribution in [0.2, 0.25) is 0 Å². The number of carboxylic acids is 1. The number of hydrogen-bond donors (Lipinski definition) is 1. The van der Waals surface area contributed by atoms with Crippen LogP contribution in [-0.2, 0) is 18.3 Å². The molecule has 6 heteroatoms.